The Hall–Kier alpha value is -1.12. The van der Waals surface area contributed by atoms with Crippen LogP contribution in [0.15, 0.2) is 18.2 Å². The molecule has 0 amide bonds. The second kappa shape index (κ2) is 8.06. The lowest BCUT2D eigenvalue weighted by atomic mass is 10.2. The zero-order valence-corrected chi connectivity index (χ0v) is 11.4. The molecule has 0 radical (unpaired) electrons. The van der Waals surface area contributed by atoms with E-state index in [1.165, 1.54) is 18.9 Å². The number of rotatable bonds is 8. The lowest BCUT2D eigenvalue weighted by molar-refractivity contribution is 0.504. The van der Waals surface area contributed by atoms with Crippen molar-refractivity contribution in [1.29, 1.82) is 0 Å². The summed E-state index contributed by atoms with van der Waals surface area (Å²) in [6.45, 7) is 5.78. The molecule has 0 N–H and O–H groups in total. The molecule has 102 valence electrons. The maximum Gasteiger partial charge on any atom is 0.182 e. The molecule has 0 spiro atoms. The smallest absolute Gasteiger partial charge is 0.182 e. The van der Waals surface area contributed by atoms with Gasteiger partial charge in [0.25, 0.3) is 0 Å². The number of benzene rings is 1. The van der Waals surface area contributed by atoms with Crippen molar-refractivity contribution in [3.8, 4) is 0 Å². The van der Waals surface area contributed by atoms with Crippen LogP contribution in [0.25, 0.3) is 0 Å². The minimum Gasteiger partial charge on any atom is -0.369 e. The number of nitrogens with zero attached hydrogens (tertiary/aromatic N) is 1. The van der Waals surface area contributed by atoms with E-state index in [1.807, 2.05) is 4.90 Å². The molecular formula is C15H23F2N. The highest BCUT2D eigenvalue weighted by Gasteiger charge is 2.13. The van der Waals surface area contributed by atoms with Gasteiger partial charge in [-0.2, -0.15) is 0 Å². The fourth-order valence-corrected chi connectivity index (χ4v) is 2.09. The van der Waals surface area contributed by atoms with Crippen LogP contribution in [-0.2, 0) is 0 Å². The van der Waals surface area contributed by atoms with Crippen molar-refractivity contribution in [2.24, 2.45) is 0 Å². The van der Waals surface area contributed by atoms with E-state index in [0.717, 1.165) is 32.4 Å². The van der Waals surface area contributed by atoms with Crippen molar-refractivity contribution in [1.82, 2.24) is 0 Å². The zero-order chi connectivity index (χ0) is 13.4. The average molecular weight is 255 g/mol. The first-order valence-corrected chi connectivity index (χ1v) is 6.89. The van der Waals surface area contributed by atoms with Crippen molar-refractivity contribution in [2.75, 3.05) is 18.0 Å². The Labute approximate surface area is 109 Å². The van der Waals surface area contributed by atoms with Crippen LogP contribution in [-0.4, -0.2) is 13.1 Å². The Morgan fingerprint density at radius 2 is 1.72 bits per heavy atom. The number of hydrogen-bond acceptors (Lipinski definition) is 1. The molecule has 1 nitrogen and oxygen atoms in total. The van der Waals surface area contributed by atoms with E-state index in [9.17, 15) is 8.78 Å². The third-order valence-corrected chi connectivity index (χ3v) is 3.05. The Balaban J connectivity index is 2.68. The van der Waals surface area contributed by atoms with Crippen molar-refractivity contribution >= 4 is 5.69 Å². The molecule has 1 aromatic rings. The molecule has 18 heavy (non-hydrogen) atoms. The molecule has 0 atom stereocenters. The minimum atomic E-state index is -0.762. The van der Waals surface area contributed by atoms with Crippen LogP contribution in [0.5, 0.6) is 0 Å². The molecule has 0 aliphatic heterocycles. The van der Waals surface area contributed by atoms with Gasteiger partial charge in [0.2, 0.25) is 0 Å². The summed E-state index contributed by atoms with van der Waals surface area (Å²) in [6.07, 6.45) is 5.49. The second-order valence-corrected chi connectivity index (χ2v) is 4.62. The Kier molecular flexibility index (Phi) is 6.69. The summed E-state index contributed by atoms with van der Waals surface area (Å²) in [4.78, 5) is 1.95. The maximum absolute atomic E-state index is 13.7. The summed E-state index contributed by atoms with van der Waals surface area (Å²) in [5.41, 5.74) is 0.397. The SMILES string of the molecule is CCCCCCN(CCC)c1cccc(F)c1F. The van der Waals surface area contributed by atoms with E-state index in [2.05, 4.69) is 13.8 Å². The largest absolute Gasteiger partial charge is 0.369 e. The Morgan fingerprint density at radius 3 is 2.39 bits per heavy atom. The maximum atomic E-state index is 13.7. The minimum absolute atomic E-state index is 0.397. The summed E-state index contributed by atoms with van der Waals surface area (Å²) >= 11 is 0. The van der Waals surface area contributed by atoms with Crippen molar-refractivity contribution < 1.29 is 8.78 Å². The van der Waals surface area contributed by atoms with E-state index in [0.29, 0.717) is 5.69 Å². The van der Waals surface area contributed by atoms with Gasteiger partial charge in [-0.25, -0.2) is 8.78 Å². The third kappa shape index (κ3) is 4.28. The van der Waals surface area contributed by atoms with Crippen molar-refractivity contribution in [2.45, 2.75) is 46.0 Å². The van der Waals surface area contributed by atoms with Crippen LogP contribution in [0.4, 0.5) is 14.5 Å². The summed E-state index contributed by atoms with van der Waals surface area (Å²) < 4.78 is 27.0. The molecule has 0 aromatic heterocycles. The zero-order valence-electron chi connectivity index (χ0n) is 11.4. The first kappa shape index (κ1) is 14.9. The molecule has 0 saturated carbocycles. The van der Waals surface area contributed by atoms with Gasteiger partial charge in [-0.3, -0.25) is 0 Å². The summed E-state index contributed by atoms with van der Waals surface area (Å²) in [6, 6.07) is 4.40. The van der Waals surface area contributed by atoms with Crippen LogP contribution in [0.1, 0.15) is 46.0 Å². The van der Waals surface area contributed by atoms with Crippen LogP contribution in [0.2, 0.25) is 0 Å². The monoisotopic (exact) mass is 255 g/mol. The Morgan fingerprint density at radius 1 is 0.944 bits per heavy atom. The molecule has 1 aromatic carbocycles. The van der Waals surface area contributed by atoms with Crippen molar-refractivity contribution in [3.63, 3.8) is 0 Å². The fourth-order valence-electron chi connectivity index (χ4n) is 2.09. The number of hydrogen-bond donors (Lipinski definition) is 0. The van der Waals surface area contributed by atoms with Gasteiger partial charge in [0.05, 0.1) is 5.69 Å². The van der Waals surface area contributed by atoms with E-state index in [1.54, 1.807) is 12.1 Å². The fraction of sp³-hybridized carbons (Fsp3) is 0.600. The van der Waals surface area contributed by atoms with Gasteiger partial charge in [-0.1, -0.05) is 39.2 Å². The quantitative estimate of drug-likeness (QED) is 0.605. The molecule has 0 aliphatic rings. The second-order valence-electron chi connectivity index (χ2n) is 4.62. The highest BCUT2D eigenvalue weighted by atomic mass is 19.2. The molecule has 1 rings (SSSR count). The molecule has 0 aliphatic carbocycles. The van der Waals surface area contributed by atoms with Crippen LogP contribution in [0.3, 0.4) is 0 Å². The van der Waals surface area contributed by atoms with E-state index >= 15 is 0 Å². The molecule has 0 bridgehead atoms. The summed E-state index contributed by atoms with van der Waals surface area (Å²) in [5, 5.41) is 0. The molecule has 0 saturated heterocycles. The predicted molar refractivity (Wildman–Crippen MR) is 73.0 cm³/mol. The van der Waals surface area contributed by atoms with Crippen LogP contribution >= 0.6 is 0 Å². The molecule has 0 heterocycles. The van der Waals surface area contributed by atoms with Gasteiger partial charge in [0, 0.05) is 13.1 Å². The lowest BCUT2D eigenvalue weighted by Gasteiger charge is -2.24. The van der Waals surface area contributed by atoms with Gasteiger partial charge < -0.3 is 4.90 Å². The number of anilines is 1. The molecular weight excluding hydrogens is 232 g/mol. The topological polar surface area (TPSA) is 3.24 Å². The molecule has 0 unspecified atom stereocenters. The normalized spacial score (nSPS) is 10.7. The highest BCUT2D eigenvalue weighted by Crippen LogP contribution is 2.22. The first-order chi connectivity index (χ1) is 8.70. The Bertz CT molecular complexity index is 352. The van der Waals surface area contributed by atoms with E-state index in [-0.39, 0.29) is 0 Å². The van der Waals surface area contributed by atoms with Gasteiger partial charge in [-0.05, 0) is 25.0 Å². The molecule has 0 fully saturated rings. The van der Waals surface area contributed by atoms with Crippen LogP contribution < -0.4 is 4.90 Å². The van der Waals surface area contributed by atoms with Gasteiger partial charge >= 0.3 is 0 Å². The number of unbranched alkanes of at least 4 members (excludes halogenated alkanes) is 3. The van der Waals surface area contributed by atoms with Gasteiger partial charge in [0.1, 0.15) is 0 Å². The average Bonchev–Trinajstić information content (AvgIpc) is 2.37. The highest BCUT2D eigenvalue weighted by molar-refractivity contribution is 5.48. The summed E-state index contributed by atoms with van der Waals surface area (Å²) in [5.74, 6) is -1.48. The van der Waals surface area contributed by atoms with Crippen molar-refractivity contribution in [3.05, 3.63) is 29.8 Å². The van der Waals surface area contributed by atoms with E-state index < -0.39 is 11.6 Å². The number of halogens is 2. The van der Waals surface area contributed by atoms with Crippen LogP contribution in [0, 0.1) is 11.6 Å². The third-order valence-electron chi connectivity index (χ3n) is 3.05. The standard InChI is InChI=1S/C15H23F2N/c1-3-5-6-7-12-18(11-4-2)14-10-8-9-13(16)15(14)17/h8-10H,3-7,11-12H2,1-2H3. The molecule has 3 heteroatoms. The van der Waals surface area contributed by atoms with Gasteiger partial charge in [-0.15, -0.1) is 0 Å². The van der Waals surface area contributed by atoms with Gasteiger partial charge in [0.15, 0.2) is 11.6 Å². The first-order valence-electron chi connectivity index (χ1n) is 6.89. The van der Waals surface area contributed by atoms with E-state index in [4.69, 9.17) is 0 Å². The predicted octanol–water partition coefficient (Wildman–Crippen LogP) is 4.76. The lowest BCUT2D eigenvalue weighted by Crippen LogP contribution is -2.26. The summed E-state index contributed by atoms with van der Waals surface area (Å²) in [7, 11) is 0.